The summed E-state index contributed by atoms with van der Waals surface area (Å²) >= 11 is 0. The number of sulfonamides is 1. The van der Waals surface area contributed by atoms with Crippen molar-refractivity contribution in [1.82, 2.24) is 5.32 Å². The third kappa shape index (κ3) is 3.32. The molecule has 6 nitrogen and oxygen atoms in total. The van der Waals surface area contributed by atoms with Crippen molar-refractivity contribution in [2.45, 2.75) is 24.7 Å². The number of carbonyl (C=O) groups excluding carboxylic acids is 1. The Morgan fingerprint density at radius 1 is 1.20 bits per heavy atom. The molecule has 132 valence electrons. The van der Waals surface area contributed by atoms with Gasteiger partial charge in [0.2, 0.25) is 0 Å². The number of nitrogens with zero attached hydrogens (tertiary/aromatic N) is 1. The van der Waals surface area contributed by atoms with Gasteiger partial charge in [-0.1, -0.05) is 25.1 Å². The fourth-order valence-electron chi connectivity index (χ4n) is 3.02. The van der Waals surface area contributed by atoms with Crippen molar-refractivity contribution < 1.29 is 13.2 Å². The largest absolute Gasteiger partial charge is 0.341 e. The van der Waals surface area contributed by atoms with E-state index in [1.165, 1.54) is 6.07 Å². The lowest BCUT2D eigenvalue weighted by Gasteiger charge is -2.17. The number of aryl methyl sites for hydroxylation is 1. The lowest BCUT2D eigenvalue weighted by Crippen LogP contribution is -2.36. The second-order valence-corrected chi connectivity index (χ2v) is 7.55. The number of amides is 2. The van der Waals surface area contributed by atoms with Crippen LogP contribution in [0, 0.1) is 0 Å². The van der Waals surface area contributed by atoms with Crippen molar-refractivity contribution in [3.8, 4) is 0 Å². The third-order valence-electron chi connectivity index (χ3n) is 4.36. The average Bonchev–Trinajstić information content (AvgIpc) is 3.04. The maximum Gasteiger partial charge on any atom is 0.321 e. The van der Waals surface area contributed by atoms with E-state index >= 15 is 0 Å². The van der Waals surface area contributed by atoms with Crippen LogP contribution in [0.1, 0.15) is 18.1 Å². The number of fused-ring (bicyclic) bond motifs is 1. The second-order valence-electron chi connectivity index (χ2n) is 5.86. The summed E-state index contributed by atoms with van der Waals surface area (Å²) in [6.07, 6.45) is 1.38. The summed E-state index contributed by atoms with van der Waals surface area (Å²) in [5, 5.41) is 2.59. The number of hydrogen-bond acceptors (Lipinski definition) is 3. The second kappa shape index (κ2) is 6.76. The first-order valence-corrected chi connectivity index (χ1v) is 9.67. The summed E-state index contributed by atoms with van der Waals surface area (Å²) in [7, 11) is -2.10. The van der Waals surface area contributed by atoms with Crippen LogP contribution in [0.15, 0.2) is 47.4 Å². The Morgan fingerprint density at radius 3 is 2.68 bits per heavy atom. The summed E-state index contributed by atoms with van der Waals surface area (Å²) in [4.78, 5) is 13.7. The third-order valence-corrected chi connectivity index (χ3v) is 5.72. The summed E-state index contributed by atoms with van der Waals surface area (Å²) in [6.45, 7) is 2.53. The van der Waals surface area contributed by atoms with E-state index in [1.54, 1.807) is 36.2 Å². The monoisotopic (exact) mass is 359 g/mol. The maximum atomic E-state index is 12.7. The van der Waals surface area contributed by atoms with Crippen LogP contribution in [-0.4, -0.2) is 28.0 Å². The standard InChI is InChI=1S/C18H21N3O3S/c1-3-13-6-4-5-7-16(13)20-25(23,24)15-8-9-17-14(12-15)10-11-21(17)18(22)19-2/h4-9,12,20H,3,10-11H2,1-2H3,(H,19,22). The molecule has 0 spiro atoms. The zero-order chi connectivity index (χ0) is 18.0. The highest BCUT2D eigenvalue weighted by molar-refractivity contribution is 7.92. The van der Waals surface area contributed by atoms with Crippen LogP contribution in [0.5, 0.6) is 0 Å². The molecule has 0 aliphatic carbocycles. The van der Waals surface area contributed by atoms with E-state index in [1.807, 2.05) is 19.1 Å². The molecule has 0 unspecified atom stereocenters. The molecule has 0 radical (unpaired) electrons. The number of rotatable bonds is 4. The van der Waals surface area contributed by atoms with Gasteiger partial charge in [0.05, 0.1) is 10.6 Å². The number of urea groups is 1. The van der Waals surface area contributed by atoms with Crippen molar-refractivity contribution in [2.75, 3.05) is 23.2 Å². The predicted octanol–water partition coefficient (Wildman–Crippen LogP) is 2.75. The van der Waals surface area contributed by atoms with Gasteiger partial charge in [-0.15, -0.1) is 0 Å². The molecule has 0 fully saturated rings. The van der Waals surface area contributed by atoms with Gasteiger partial charge in [0, 0.05) is 19.3 Å². The van der Waals surface area contributed by atoms with E-state index in [4.69, 9.17) is 0 Å². The average molecular weight is 359 g/mol. The van der Waals surface area contributed by atoms with Crippen LogP contribution in [0.3, 0.4) is 0 Å². The lowest BCUT2D eigenvalue weighted by atomic mass is 10.1. The lowest BCUT2D eigenvalue weighted by molar-refractivity contribution is 0.248. The normalized spacial score (nSPS) is 13.4. The van der Waals surface area contributed by atoms with Crippen molar-refractivity contribution >= 4 is 27.4 Å². The molecular weight excluding hydrogens is 338 g/mol. The van der Waals surface area contributed by atoms with Crippen molar-refractivity contribution in [2.24, 2.45) is 0 Å². The zero-order valence-electron chi connectivity index (χ0n) is 14.2. The van der Waals surface area contributed by atoms with Gasteiger partial charge in [-0.2, -0.15) is 0 Å². The van der Waals surface area contributed by atoms with Crippen molar-refractivity contribution in [3.05, 3.63) is 53.6 Å². The summed E-state index contributed by atoms with van der Waals surface area (Å²) in [5.41, 5.74) is 3.15. The molecule has 0 saturated carbocycles. The first-order valence-electron chi connectivity index (χ1n) is 8.19. The molecule has 1 heterocycles. The molecular formula is C18H21N3O3S. The first-order chi connectivity index (χ1) is 12.0. The molecule has 2 aromatic carbocycles. The zero-order valence-corrected chi connectivity index (χ0v) is 15.1. The van der Waals surface area contributed by atoms with Crippen LogP contribution < -0.4 is 14.9 Å². The molecule has 0 aromatic heterocycles. The highest BCUT2D eigenvalue weighted by atomic mass is 32.2. The van der Waals surface area contributed by atoms with Gasteiger partial charge in [-0.25, -0.2) is 13.2 Å². The van der Waals surface area contributed by atoms with Crippen molar-refractivity contribution in [1.29, 1.82) is 0 Å². The fraction of sp³-hybridized carbons (Fsp3) is 0.278. The van der Waals surface area contributed by atoms with Gasteiger partial charge >= 0.3 is 6.03 Å². The van der Waals surface area contributed by atoms with Gasteiger partial charge in [0.25, 0.3) is 10.0 Å². The quantitative estimate of drug-likeness (QED) is 0.881. The number of benzene rings is 2. The number of hydrogen-bond donors (Lipinski definition) is 2. The number of carbonyl (C=O) groups is 1. The van der Waals surface area contributed by atoms with E-state index in [0.29, 0.717) is 18.7 Å². The van der Waals surface area contributed by atoms with E-state index in [0.717, 1.165) is 23.2 Å². The minimum Gasteiger partial charge on any atom is -0.341 e. The number of para-hydroxylation sites is 1. The minimum absolute atomic E-state index is 0.190. The van der Waals surface area contributed by atoms with Gasteiger partial charge in [-0.3, -0.25) is 9.62 Å². The highest BCUT2D eigenvalue weighted by Crippen LogP contribution is 2.31. The molecule has 25 heavy (non-hydrogen) atoms. The predicted molar refractivity (Wildman–Crippen MR) is 98.6 cm³/mol. The summed E-state index contributed by atoms with van der Waals surface area (Å²) in [6, 6.07) is 12.0. The molecule has 0 bridgehead atoms. The van der Waals surface area contributed by atoms with Crippen LogP contribution in [0.2, 0.25) is 0 Å². The number of nitrogens with one attached hydrogen (secondary N) is 2. The maximum absolute atomic E-state index is 12.7. The molecule has 1 aliphatic heterocycles. The topological polar surface area (TPSA) is 78.5 Å². The molecule has 2 aromatic rings. The fourth-order valence-corrected chi connectivity index (χ4v) is 4.17. The SMILES string of the molecule is CCc1ccccc1NS(=O)(=O)c1ccc2c(c1)CCN2C(=O)NC. The van der Waals surface area contributed by atoms with Crippen LogP contribution in [0.25, 0.3) is 0 Å². The molecule has 1 aliphatic rings. The van der Waals surface area contributed by atoms with E-state index in [9.17, 15) is 13.2 Å². The van der Waals surface area contributed by atoms with Gasteiger partial charge in [0.1, 0.15) is 0 Å². The number of anilines is 2. The van der Waals surface area contributed by atoms with E-state index in [-0.39, 0.29) is 10.9 Å². The van der Waals surface area contributed by atoms with Crippen LogP contribution >= 0.6 is 0 Å². The van der Waals surface area contributed by atoms with Crippen molar-refractivity contribution in [3.63, 3.8) is 0 Å². The Balaban J connectivity index is 1.91. The smallest absolute Gasteiger partial charge is 0.321 e. The molecule has 2 amide bonds. The van der Waals surface area contributed by atoms with Gasteiger partial charge < -0.3 is 5.32 Å². The van der Waals surface area contributed by atoms with Gasteiger partial charge in [0.15, 0.2) is 0 Å². The van der Waals surface area contributed by atoms with Gasteiger partial charge in [-0.05, 0) is 48.2 Å². The molecule has 2 N–H and O–H groups in total. The Bertz CT molecular complexity index is 910. The molecule has 0 saturated heterocycles. The van der Waals surface area contributed by atoms with E-state index in [2.05, 4.69) is 10.0 Å². The molecule has 0 atom stereocenters. The summed E-state index contributed by atoms with van der Waals surface area (Å²) in [5.74, 6) is 0. The Kier molecular flexibility index (Phi) is 4.67. The Morgan fingerprint density at radius 2 is 1.96 bits per heavy atom. The minimum atomic E-state index is -3.68. The Hall–Kier alpha value is -2.54. The molecule has 7 heteroatoms. The summed E-state index contributed by atoms with van der Waals surface area (Å²) < 4.78 is 28.1. The van der Waals surface area contributed by atoms with E-state index < -0.39 is 10.0 Å². The highest BCUT2D eigenvalue weighted by Gasteiger charge is 2.26. The van der Waals surface area contributed by atoms with Crippen LogP contribution in [0.4, 0.5) is 16.2 Å². The first kappa shape index (κ1) is 17.3. The molecule has 3 rings (SSSR count). The van der Waals surface area contributed by atoms with Crippen LogP contribution in [-0.2, 0) is 22.9 Å². The Labute approximate surface area is 147 Å².